The molecule has 3 saturated heterocycles. The average Bonchev–Trinajstić information content (AvgIpc) is 3.40. The van der Waals surface area contributed by atoms with E-state index in [1.54, 1.807) is 9.80 Å². The molecule has 0 saturated carbocycles. The number of alkyl halides is 3. The van der Waals surface area contributed by atoms with Gasteiger partial charge < -0.3 is 40.1 Å². The van der Waals surface area contributed by atoms with E-state index in [2.05, 4.69) is 15.1 Å². The van der Waals surface area contributed by atoms with E-state index in [0.29, 0.717) is 71.7 Å². The van der Waals surface area contributed by atoms with Gasteiger partial charge in [0.25, 0.3) is 5.91 Å². The number of benzene rings is 2. The molecule has 0 aliphatic carbocycles. The Labute approximate surface area is 361 Å². The SMILES string of the molecule is CN(C)CCCOC(=O)C(C)(C)N1CCC(N2CCN(C(=O)[C@@H](Cc3cc(Cl)c(N)c(C(F)(F)F)c3)OC(=O)N3CCC(N4CCc5ccccc5NC4=O)CC3)CC2)CC1. The molecule has 4 aliphatic heterocycles. The second-order valence-corrected chi connectivity index (χ2v) is 17.7. The Hall–Kier alpha value is -4.32. The number of piperazine rings is 1. The van der Waals surface area contributed by atoms with E-state index in [1.807, 2.05) is 57.1 Å². The Morgan fingerprint density at radius 3 is 2.23 bits per heavy atom. The Balaban J connectivity index is 1.06. The first-order valence-corrected chi connectivity index (χ1v) is 21.7. The standard InChI is InChI=1S/C43H60ClF3N8O6/c1-42(2,39(57)60-25-7-15-50(3)4)54-18-13-31(14-19-54)51-21-23-52(24-22-51)38(56)36(28-29-26-33(43(45,46)47)37(48)34(44)27-29)61-41(59)53-16-11-32(12-17-53)55-20-10-30-8-5-6-9-35(30)49-40(55)58/h5-6,8-9,26-27,31-32,36H,7,10-25,28,48H2,1-4H3,(H,49,58)/t36-/m1/s1. The predicted octanol–water partition coefficient (Wildman–Crippen LogP) is 5.43. The van der Waals surface area contributed by atoms with Gasteiger partial charge in [-0.25, -0.2) is 9.59 Å². The normalized spacial score (nSPS) is 19.6. The number of likely N-dealkylation sites (tertiary alicyclic amines) is 2. The molecule has 3 fully saturated rings. The summed E-state index contributed by atoms with van der Waals surface area (Å²) in [6.45, 7) is 9.26. The molecule has 0 aromatic heterocycles. The number of hydrogen-bond donors (Lipinski definition) is 2. The van der Waals surface area contributed by atoms with Crippen molar-refractivity contribution in [2.45, 2.75) is 88.7 Å². The number of carbonyl (C=O) groups excluding carboxylic acids is 4. The van der Waals surface area contributed by atoms with Crippen LogP contribution in [0.4, 0.5) is 34.1 Å². The number of ether oxygens (including phenoxy) is 2. The van der Waals surface area contributed by atoms with Gasteiger partial charge in [-0.1, -0.05) is 29.8 Å². The lowest BCUT2D eigenvalue weighted by Crippen LogP contribution is -2.59. The fraction of sp³-hybridized carbons (Fsp3) is 0.628. The predicted molar refractivity (Wildman–Crippen MR) is 226 cm³/mol. The molecule has 0 bridgehead atoms. The number of fused-ring (bicyclic) bond motifs is 1. The van der Waals surface area contributed by atoms with Crippen LogP contribution in [0.15, 0.2) is 36.4 Å². The van der Waals surface area contributed by atoms with Gasteiger partial charge in [0.2, 0.25) is 0 Å². The summed E-state index contributed by atoms with van der Waals surface area (Å²) in [6, 6.07) is 9.71. The molecule has 4 aliphatic rings. The third-order valence-corrected chi connectivity index (χ3v) is 12.9. The molecule has 6 rings (SSSR count). The first kappa shape index (κ1) is 46.2. The van der Waals surface area contributed by atoms with Crippen LogP contribution >= 0.6 is 11.6 Å². The zero-order chi connectivity index (χ0) is 44.1. The van der Waals surface area contributed by atoms with Crippen molar-refractivity contribution in [3.8, 4) is 0 Å². The lowest BCUT2D eigenvalue weighted by Gasteiger charge is -2.46. The van der Waals surface area contributed by atoms with Crippen LogP contribution in [-0.2, 0) is 38.1 Å². The summed E-state index contributed by atoms with van der Waals surface area (Å²) in [5.41, 5.74) is 5.07. The van der Waals surface area contributed by atoms with Crippen LogP contribution in [0.5, 0.6) is 0 Å². The minimum absolute atomic E-state index is 0.0512. The first-order valence-electron chi connectivity index (χ1n) is 21.3. The van der Waals surface area contributed by atoms with Crippen LogP contribution in [0, 0.1) is 0 Å². The molecule has 61 heavy (non-hydrogen) atoms. The maximum atomic E-state index is 14.2. The molecule has 1 atom stereocenters. The Morgan fingerprint density at radius 2 is 1.57 bits per heavy atom. The number of nitrogens with two attached hydrogens (primary N) is 1. The van der Waals surface area contributed by atoms with Gasteiger partial charge in [0.15, 0.2) is 6.10 Å². The van der Waals surface area contributed by atoms with Crippen molar-refractivity contribution in [3.05, 3.63) is 58.1 Å². The molecular formula is C43H60ClF3N8O6. The Bertz CT molecular complexity index is 1880. The number of anilines is 2. The number of urea groups is 1. The van der Waals surface area contributed by atoms with Crippen LogP contribution in [0.2, 0.25) is 5.02 Å². The highest BCUT2D eigenvalue weighted by Crippen LogP contribution is 2.38. The Kier molecular flexibility index (Phi) is 15.0. The second-order valence-electron chi connectivity index (χ2n) is 17.3. The maximum Gasteiger partial charge on any atom is 0.418 e. The molecule has 14 nitrogen and oxygen atoms in total. The third kappa shape index (κ3) is 11.4. The van der Waals surface area contributed by atoms with E-state index < -0.39 is 41.1 Å². The summed E-state index contributed by atoms with van der Waals surface area (Å²) in [5.74, 6) is -0.744. The fourth-order valence-corrected chi connectivity index (χ4v) is 9.11. The summed E-state index contributed by atoms with van der Waals surface area (Å²) < 4.78 is 53.4. The van der Waals surface area contributed by atoms with Gasteiger partial charge in [-0.05, 0) is 95.8 Å². The van der Waals surface area contributed by atoms with Gasteiger partial charge >= 0.3 is 24.3 Å². The second kappa shape index (κ2) is 19.8. The van der Waals surface area contributed by atoms with Gasteiger partial charge in [0.05, 0.1) is 22.9 Å². The number of halogens is 4. The molecule has 0 unspecified atom stereocenters. The molecule has 3 N–H and O–H groups in total. The number of piperidine rings is 2. The highest BCUT2D eigenvalue weighted by atomic mass is 35.5. The van der Waals surface area contributed by atoms with E-state index in [4.69, 9.17) is 26.8 Å². The summed E-state index contributed by atoms with van der Waals surface area (Å²) >= 11 is 6.16. The molecule has 4 heterocycles. The number of amides is 4. The maximum absolute atomic E-state index is 14.2. The third-order valence-electron chi connectivity index (χ3n) is 12.6. The fourth-order valence-electron chi connectivity index (χ4n) is 8.87. The van der Waals surface area contributed by atoms with Crippen molar-refractivity contribution >= 4 is 47.0 Å². The first-order chi connectivity index (χ1) is 28.9. The van der Waals surface area contributed by atoms with Crippen LogP contribution in [0.3, 0.4) is 0 Å². The number of hydrogen-bond acceptors (Lipinski definition) is 10. The van der Waals surface area contributed by atoms with E-state index in [-0.39, 0.29) is 54.2 Å². The lowest BCUT2D eigenvalue weighted by molar-refractivity contribution is -0.157. The number of nitrogens with one attached hydrogen (secondary N) is 1. The van der Waals surface area contributed by atoms with Crippen molar-refractivity contribution in [1.29, 1.82) is 0 Å². The van der Waals surface area contributed by atoms with E-state index in [9.17, 15) is 32.3 Å². The van der Waals surface area contributed by atoms with Gasteiger partial charge in [0, 0.05) is 89.6 Å². The van der Waals surface area contributed by atoms with Gasteiger partial charge in [0.1, 0.15) is 5.54 Å². The molecule has 2 aromatic carbocycles. The monoisotopic (exact) mass is 876 g/mol. The zero-order valence-corrected chi connectivity index (χ0v) is 36.4. The number of rotatable bonds is 12. The van der Waals surface area contributed by atoms with Crippen molar-refractivity contribution in [2.75, 3.05) is 97.2 Å². The van der Waals surface area contributed by atoms with Crippen molar-refractivity contribution in [3.63, 3.8) is 0 Å². The highest BCUT2D eigenvalue weighted by Gasteiger charge is 2.41. The lowest BCUT2D eigenvalue weighted by atomic mass is 9.95. The van der Waals surface area contributed by atoms with Gasteiger partial charge in [-0.15, -0.1) is 0 Å². The van der Waals surface area contributed by atoms with Gasteiger partial charge in [-0.3, -0.25) is 19.4 Å². The van der Waals surface area contributed by atoms with E-state index in [1.165, 1.54) is 11.0 Å². The number of para-hydroxylation sites is 1. The summed E-state index contributed by atoms with van der Waals surface area (Å²) in [6.07, 6.45) is -3.24. The number of nitrogens with zero attached hydrogens (tertiary/aromatic N) is 6. The van der Waals surface area contributed by atoms with Crippen molar-refractivity contribution in [1.82, 2.24) is 29.4 Å². The highest BCUT2D eigenvalue weighted by molar-refractivity contribution is 6.33. The zero-order valence-electron chi connectivity index (χ0n) is 35.6. The molecule has 0 spiro atoms. The minimum atomic E-state index is -4.80. The molecule has 0 radical (unpaired) electrons. The molecule has 18 heteroatoms. The molecule has 4 amide bonds. The smallest absolute Gasteiger partial charge is 0.418 e. The summed E-state index contributed by atoms with van der Waals surface area (Å²) in [4.78, 5) is 65.6. The number of esters is 1. The van der Waals surface area contributed by atoms with Gasteiger partial charge in [-0.2, -0.15) is 13.2 Å². The average molecular weight is 877 g/mol. The van der Waals surface area contributed by atoms with Crippen LogP contribution in [-0.4, -0.2) is 163 Å². The largest absolute Gasteiger partial charge is 0.464 e. The van der Waals surface area contributed by atoms with Crippen LogP contribution in [0.25, 0.3) is 0 Å². The topological polar surface area (TPSA) is 144 Å². The number of nitrogen functional groups attached to an aromatic ring is 1. The molecular weight excluding hydrogens is 817 g/mol. The Morgan fingerprint density at radius 1 is 0.918 bits per heavy atom. The molecule has 2 aromatic rings. The van der Waals surface area contributed by atoms with Crippen molar-refractivity contribution in [2.24, 2.45) is 0 Å². The summed E-state index contributed by atoms with van der Waals surface area (Å²) in [7, 11) is 3.96. The summed E-state index contributed by atoms with van der Waals surface area (Å²) in [5, 5.41) is 2.67. The van der Waals surface area contributed by atoms with Crippen molar-refractivity contribution < 1.29 is 41.8 Å². The minimum Gasteiger partial charge on any atom is -0.464 e. The van der Waals surface area contributed by atoms with Crippen LogP contribution in [0.1, 0.15) is 62.6 Å². The quantitative estimate of drug-likeness (QED) is 0.161. The number of carbonyl (C=O) groups is 4. The van der Waals surface area contributed by atoms with E-state index in [0.717, 1.165) is 43.1 Å². The van der Waals surface area contributed by atoms with E-state index >= 15 is 0 Å². The molecule has 336 valence electrons. The van der Waals surface area contributed by atoms with Crippen LogP contribution < -0.4 is 11.1 Å².